The van der Waals surface area contributed by atoms with Crippen molar-refractivity contribution >= 4 is 11.9 Å². The van der Waals surface area contributed by atoms with E-state index in [9.17, 15) is 9.59 Å². The third-order valence-electron chi connectivity index (χ3n) is 5.18. The van der Waals surface area contributed by atoms with Gasteiger partial charge in [0, 0.05) is 13.1 Å². The molecule has 0 unspecified atom stereocenters. The van der Waals surface area contributed by atoms with Crippen LogP contribution in [0.1, 0.15) is 21.5 Å². The van der Waals surface area contributed by atoms with Gasteiger partial charge in [-0.15, -0.1) is 0 Å². The summed E-state index contributed by atoms with van der Waals surface area (Å²) >= 11 is 0. The van der Waals surface area contributed by atoms with Crippen LogP contribution in [0.25, 0.3) is 0 Å². The summed E-state index contributed by atoms with van der Waals surface area (Å²) in [6.45, 7) is 1.55. The summed E-state index contributed by atoms with van der Waals surface area (Å²) in [5.74, 6) is 1.55. The lowest BCUT2D eigenvalue weighted by Gasteiger charge is -2.29. The van der Waals surface area contributed by atoms with Crippen molar-refractivity contribution in [2.75, 3.05) is 40.6 Å². The second kappa shape index (κ2) is 8.52. The van der Waals surface area contributed by atoms with E-state index in [1.807, 2.05) is 12.1 Å². The zero-order valence-corrected chi connectivity index (χ0v) is 16.9. The van der Waals surface area contributed by atoms with E-state index in [1.165, 1.54) is 0 Å². The maximum atomic E-state index is 12.6. The minimum atomic E-state index is -0.580. The summed E-state index contributed by atoms with van der Waals surface area (Å²) in [6, 6.07) is 8.65. The van der Waals surface area contributed by atoms with E-state index < -0.39 is 5.97 Å². The van der Waals surface area contributed by atoms with Crippen LogP contribution in [0.5, 0.6) is 23.0 Å². The number of rotatable bonds is 5. The van der Waals surface area contributed by atoms with Gasteiger partial charge in [-0.1, -0.05) is 0 Å². The van der Waals surface area contributed by atoms with Crippen molar-refractivity contribution in [3.05, 3.63) is 47.0 Å². The van der Waals surface area contributed by atoms with Gasteiger partial charge in [-0.25, -0.2) is 4.79 Å². The molecule has 8 nitrogen and oxygen atoms in total. The standard InChI is InChI=1S/C22H23NO7/c1-26-18-9-14-5-6-23(12-16(14)11-19(18)27-2)21(24)13-30-22(25)15-3-4-17-20(10-15)29-8-7-28-17/h3-4,9-11H,5-8,12-13H2,1-2H3. The Kier molecular flexibility index (Phi) is 5.65. The number of esters is 1. The van der Waals surface area contributed by atoms with E-state index >= 15 is 0 Å². The van der Waals surface area contributed by atoms with Crippen LogP contribution in [0.3, 0.4) is 0 Å². The van der Waals surface area contributed by atoms with Crippen LogP contribution in [0.15, 0.2) is 30.3 Å². The summed E-state index contributed by atoms with van der Waals surface area (Å²) in [4.78, 5) is 26.6. The SMILES string of the molecule is COc1cc2c(cc1OC)CN(C(=O)COC(=O)c1ccc3c(c1)OCCO3)CC2. The molecule has 2 aromatic rings. The van der Waals surface area contributed by atoms with Crippen molar-refractivity contribution < 1.29 is 33.3 Å². The molecular weight excluding hydrogens is 390 g/mol. The van der Waals surface area contributed by atoms with E-state index in [0.29, 0.717) is 61.3 Å². The topological polar surface area (TPSA) is 83.5 Å². The maximum Gasteiger partial charge on any atom is 0.338 e. The molecule has 4 rings (SSSR count). The van der Waals surface area contributed by atoms with Gasteiger partial charge in [0.05, 0.1) is 19.8 Å². The van der Waals surface area contributed by atoms with Crippen LogP contribution < -0.4 is 18.9 Å². The Hall–Kier alpha value is -3.42. The van der Waals surface area contributed by atoms with Gasteiger partial charge < -0.3 is 28.6 Å². The Morgan fingerprint density at radius 2 is 1.67 bits per heavy atom. The lowest BCUT2D eigenvalue weighted by molar-refractivity contribution is -0.135. The number of nitrogens with zero attached hydrogens (tertiary/aromatic N) is 1. The molecule has 0 bridgehead atoms. The van der Waals surface area contributed by atoms with Gasteiger partial charge >= 0.3 is 5.97 Å². The van der Waals surface area contributed by atoms with E-state index in [0.717, 1.165) is 11.1 Å². The molecule has 2 aromatic carbocycles. The van der Waals surface area contributed by atoms with Crippen LogP contribution in [-0.2, 0) is 22.5 Å². The number of benzene rings is 2. The monoisotopic (exact) mass is 413 g/mol. The summed E-state index contributed by atoms with van der Waals surface area (Å²) in [5.41, 5.74) is 2.42. The molecule has 0 saturated carbocycles. The van der Waals surface area contributed by atoms with Crippen molar-refractivity contribution in [2.24, 2.45) is 0 Å². The normalized spacial score (nSPS) is 14.5. The van der Waals surface area contributed by atoms with Crippen LogP contribution in [0.4, 0.5) is 0 Å². The minimum absolute atomic E-state index is 0.249. The van der Waals surface area contributed by atoms with Crippen LogP contribution in [0.2, 0.25) is 0 Å². The molecule has 0 spiro atoms. The molecule has 0 fully saturated rings. The van der Waals surface area contributed by atoms with E-state index in [1.54, 1.807) is 37.3 Å². The molecule has 1 amide bonds. The Balaban J connectivity index is 1.37. The number of hydrogen-bond donors (Lipinski definition) is 0. The van der Waals surface area contributed by atoms with Gasteiger partial charge in [-0.2, -0.15) is 0 Å². The van der Waals surface area contributed by atoms with Crippen molar-refractivity contribution in [3.63, 3.8) is 0 Å². The van der Waals surface area contributed by atoms with Gasteiger partial charge in [-0.3, -0.25) is 4.79 Å². The second-order valence-electron chi connectivity index (χ2n) is 6.98. The first-order valence-corrected chi connectivity index (χ1v) is 9.67. The smallest absolute Gasteiger partial charge is 0.338 e. The number of carbonyl (C=O) groups excluding carboxylic acids is 2. The molecule has 30 heavy (non-hydrogen) atoms. The van der Waals surface area contributed by atoms with E-state index in [2.05, 4.69) is 0 Å². The van der Waals surface area contributed by atoms with Gasteiger partial charge in [0.1, 0.15) is 13.2 Å². The van der Waals surface area contributed by atoms with Gasteiger partial charge in [-0.05, 0) is 47.9 Å². The maximum absolute atomic E-state index is 12.6. The van der Waals surface area contributed by atoms with Crippen molar-refractivity contribution in [3.8, 4) is 23.0 Å². The molecule has 0 aromatic heterocycles. The number of amides is 1. The van der Waals surface area contributed by atoms with E-state index in [4.69, 9.17) is 23.7 Å². The zero-order chi connectivity index (χ0) is 21.1. The minimum Gasteiger partial charge on any atom is -0.493 e. The van der Waals surface area contributed by atoms with Gasteiger partial charge in [0.2, 0.25) is 0 Å². The highest BCUT2D eigenvalue weighted by atomic mass is 16.6. The van der Waals surface area contributed by atoms with Gasteiger partial charge in [0.15, 0.2) is 29.6 Å². The molecule has 158 valence electrons. The molecule has 0 saturated heterocycles. The number of hydrogen-bond acceptors (Lipinski definition) is 7. The Labute approximate surface area is 174 Å². The summed E-state index contributed by atoms with van der Waals surface area (Å²) in [7, 11) is 3.17. The number of methoxy groups -OCH3 is 2. The van der Waals surface area contributed by atoms with Crippen molar-refractivity contribution in [2.45, 2.75) is 13.0 Å². The first kappa shape index (κ1) is 19.9. The Bertz CT molecular complexity index is 972. The Morgan fingerprint density at radius 3 is 2.40 bits per heavy atom. The zero-order valence-electron chi connectivity index (χ0n) is 16.9. The van der Waals surface area contributed by atoms with Crippen LogP contribution >= 0.6 is 0 Å². The largest absolute Gasteiger partial charge is 0.493 e. The number of ether oxygens (including phenoxy) is 5. The van der Waals surface area contributed by atoms with Crippen molar-refractivity contribution in [1.29, 1.82) is 0 Å². The third-order valence-corrected chi connectivity index (χ3v) is 5.18. The summed E-state index contributed by atoms with van der Waals surface area (Å²) in [6.07, 6.45) is 0.692. The average Bonchev–Trinajstić information content (AvgIpc) is 2.80. The molecule has 2 heterocycles. The average molecular weight is 413 g/mol. The predicted molar refractivity (Wildman–Crippen MR) is 106 cm³/mol. The number of carbonyl (C=O) groups is 2. The first-order chi connectivity index (χ1) is 14.6. The first-order valence-electron chi connectivity index (χ1n) is 9.67. The lowest BCUT2D eigenvalue weighted by atomic mass is 9.99. The third kappa shape index (κ3) is 3.98. The lowest BCUT2D eigenvalue weighted by Crippen LogP contribution is -2.38. The summed E-state index contributed by atoms with van der Waals surface area (Å²) < 4.78 is 26.8. The van der Waals surface area contributed by atoms with Crippen LogP contribution in [0, 0.1) is 0 Å². The fourth-order valence-corrected chi connectivity index (χ4v) is 3.57. The Morgan fingerprint density at radius 1 is 0.967 bits per heavy atom. The molecule has 0 radical (unpaired) electrons. The molecule has 0 N–H and O–H groups in total. The van der Waals surface area contributed by atoms with E-state index in [-0.39, 0.29) is 12.5 Å². The van der Waals surface area contributed by atoms with Crippen molar-refractivity contribution in [1.82, 2.24) is 4.90 Å². The molecule has 0 aliphatic carbocycles. The van der Waals surface area contributed by atoms with Gasteiger partial charge in [0.25, 0.3) is 5.91 Å². The fourth-order valence-electron chi connectivity index (χ4n) is 3.57. The highest BCUT2D eigenvalue weighted by Crippen LogP contribution is 2.33. The second-order valence-corrected chi connectivity index (χ2v) is 6.98. The highest BCUT2D eigenvalue weighted by molar-refractivity contribution is 5.92. The highest BCUT2D eigenvalue weighted by Gasteiger charge is 2.24. The fraction of sp³-hybridized carbons (Fsp3) is 0.364. The molecular formula is C22H23NO7. The molecule has 2 aliphatic heterocycles. The molecule has 8 heteroatoms. The predicted octanol–water partition coefficient (Wildman–Crippen LogP) is 2.22. The molecule has 0 atom stereocenters. The number of fused-ring (bicyclic) bond motifs is 2. The summed E-state index contributed by atoms with van der Waals surface area (Å²) in [5, 5.41) is 0. The van der Waals surface area contributed by atoms with Crippen LogP contribution in [-0.4, -0.2) is 57.4 Å². The molecule has 2 aliphatic rings. The quantitative estimate of drug-likeness (QED) is 0.695.